The summed E-state index contributed by atoms with van der Waals surface area (Å²) in [5.41, 5.74) is 7.35. The van der Waals surface area contributed by atoms with Crippen LogP contribution < -0.4 is 15.4 Å². The number of amides is 1. The number of hydrogen-bond donors (Lipinski definition) is 2. The number of carbonyl (C=O) groups excluding carboxylic acids is 1. The van der Waals surface area contributed by atoms with Gasteiger partial charge >= 0.3 is 0 Å². The summed E-state index contributed by atoms with van der Waals surface area (Å²) in [7, 11) is 0. The average molecular weight is 559 g/mol. The van der Waals surface area contributed by atoms with E-state index in [1.807, 2.05) is 30.3 Å². The molecule has 1 aromatic heterocycles. The summed E-state index contributed by atoms with van der Waals surface area (Å²) in [4.78, 5) is 13.8. The van der Waals surface area contributed by atoms with Crippen LogP contribution in [0.5, 0.6) is 5.75 Å². The highest BCUT2D eigenvalue weighted by Gasteiger charge is 2.31. The third-order valence-electron chi connectivity index (χ3n) is 9.54. The lowest BCUT2D eigenvalue weighted by Crippen LogP contribution is -2.48. The molecule has 4 aromatic rings. The number of para-hydroxylation sites is 1. The van der Waals surface area contributed by atoms with Gasteiger partial charge in [0.25, 0.3) is 5.91 Å². The second kappa shape index (κ2) is 11.6. The van der Waals surface area contributed by atoms with Crippen molar-refractivity contribution in [2.75, 3.05) is 11.9 Å². The number of ether oxygens (including phenoxy) is 1. The third kappa shape index (κ3) is 5.02. The molecule has 0 bridgehead atoms. The van der Waals surface area contributed by atoms with Gasteiger partial charge in [0.2, 0.25) is 0 Å². The van der Waals surface area contributed by atoms with Crippen LogP contribution in [0, 0.1) is 11.3 Å². The molecule has 0 saturated heterocycles. The zero-order valence-electron chi connectivity index (χ0n) is 24.1. The summed E-state index contributed by atoms with van der Waals surface area (Å²) in [6.45, 7) is 1.37. The first-order chi connectivity index (χ1) is 20.7. The van der Waals surface area contributed by atoms with E-state index < -0.39 is 0 Å². The van der Waals surface area contributed by atoms with E-state index in [-0.39, 0.29) is 18.0 Å². The SMILES string of the molecule is N#Cc1ccc(N[C@@H]2CCCC[C@H]2NC(=O)c2ccc3c(C4CCCCC4)c4n(c3c2)CCOc2ccccc2-4)cc1. The van der Waals surface area contributed by atoms with Crippen LogP contribution in [0.25, 0.3) is 22.2 Å². The molecule has 214 valence electrons. The maximum atomic E-state index is 13.8. The van der Waals surface area contributed by atoms with Crippen molar-refractivity contribution in [3.8, 4) is 23.1 Å². The molecule has 1 amide bonds. The van der Waals surface area contributed by atoms with Gasteiger partial charge in [0.15, 0.2) is 0 Å². The lowest BCUT2D eigenvalue weighted by atomic mass is 9.81. The summed E-state index contributed by atoms with van der Waals surface area (Å²) < 4.78 is 8.62. The van der Waals surface area contributed by atoms with Gasteiger partial charge in [-0.15, -0.1) is 0 Å². The highest BCUT2D eigenvalue weighted by Crippen LogP contribution is 2.47. The first kappa shape index (κ1) is 26.6. The number of benzene rings is 3. The van der Waals surface area contributed by atoms with Crippen molar-refractivity contribution < 1.29 is 9.53 Å². The maximum absolute atomic E-state index is 13.8. The lowest BCUT2D eigenvalue weighted by molar-refractivity contribution is 0.0924. The van der Waals surface area contributed by atoms with E-state index in [9.17, 15) is 4.79 Å². The summed E-state index contributed by atoms with van der Waals surface area (Å²) in [6, 6.07) is 24.7. The molecule has 0 radical (unpaired) electrons. The van der Waals surface area contributed by atoms with E-state index >= 15 is 0 Å². The molecule has 7 rings (SSSR count). The molecule has 2 aliphatic carbocycles. The Morgan fingerprint density at radius 3 is 2.45 bits per heavy atom. The Balaban J connectivity index is 1.21. The van der Waals surface area contributed by atoms with Crippen molar-refractivity contribution in [2.24, 2.45) is 0 Å². The Bertz CT molecular complexity index is 1640. The molecule has 42 heavy (non-hydrogen) atoms. The zero-order valence-corrected chi connectivity index (χ0v) is 24.1. The van der Waals surface area contributed by atoms with Crippen molar-refractivity contribution in [2.45, 2.75) is 82.3 Å². The Morgan fingerprint density at radius 1 is 0.881 bits per heavy atom. The van der Waals surface area contributed by atoms with Crippen LogP contribution in [0.15, 0.2) is 66.7 Å². The molecule has 3 aromatic carbocycles. The summed E-state index contributed by atoms with van der Waals surface area (Å²) in [5.74, 6) is 1.46. The Morgan fingerprint density at radius 2 is 1.64 bits per heavy atom. The monoisotopic (exact) mass is 558 g/mol. The van der Waals surface area contributed by atoms with Crippen molar-refractivity contribution in [1.29, 1.82) is 5.26 Å². The standard InChI is InChI=1S/C36H38N4O2/c37-23-24-14-17-27(18-15-24)38-30-11-5-6-12-31(30)39-36(41)26-16-19-28-32(22-26)40-20-21-42-33-13-7-4-10-29(33)35(40)34(28)25-8-2-1-3-9-25/h4,7,10,13-19,22,25,30-31,38H,1-3,5-6,8-9,11-12,20-21H2,(H,39,41)/t30-,31-/m1/s1. The van der Waals surface area contributed by atoms with E-state index in [1.165, 1.54) is 48.7 Å². The fraction of sp³-hybridized carbons (Fsp3) is 0.389. The van der Waals surface area contributed by atoms with Gasteiger partial charge in [0.05, 0.1) is 23.9 Å². The molecule has 2 fully saturated rings. The summed E-state index contributed by atoms with van der Waals surface area (Å²) in [6.07, 6.45) is 10.5. The largest absolute Gasteiger partial charge is 0.491 e. The second-order valence-electron chi connectivity index (χ2n) is 12.1. The predicted octanol–water partition coefficient (Wildman–Crippen LogP) is 7.77. The number of carbonyl (C=O) groups is 1. The summed E-state index contributed by atoms with van der Waals surface area (Å²) >= 11 is 0. The normalized spacial score (nSPS) is 20.5. The molecule has 2 heterocycles. The minimum absolute atomic E-state index is 0.0181. The number of anilines is 1. The molecule has 2 atom stereocenters. The van der Waals surface area contributed by atoms with Gasteiger partial charge in [-0.1, -0.05) is 50.3 Å². The van der Waals surface area contributed by atoms with Gasteiger partial charge in [-0.05, 0) is 85.7 Å². The van der Waals surface area contributed by atoms with E-state index in [0.29, 0.717) is 23.7 Å². The minimum Gasteiger partial charge on any atom is -0.491 e. The highest BCUT2D eigenvalue weighted by atomic mass is 16.5. The van der Waals surface area contributed by atoms with Crippen LogP contribution in [0.1, 0.15) is 85.2 Å². The van der Waals surface area contributed by atoms with E-state index in [2.05, 4.69) is 57.7 Å². The smallest absolute Gasteiger partial charge is 0.251 e. The Labute approximate surface area is 247 Å². The number of hydrogen-bond acceptors (Lipinski definition) is 4. The molecule has 2 saturated carbocycles. The quantitative estimate of drug-likeness (QED) is 0.262. The molecule has 0 spiro atoms. The predicted molar refractivity (Wildman–Crippen MR) is 167 cm³/mol. The molecule has 3 aliphatic rings. The molecule has 1 aliphatic heterocycles. The van der Waals surface area contributed by atoms with Crippen LogP contribution in [0.4, 0.5) is 5.69 Å². The van der Waals surface area contributed by atoms with Crippen molar-refractivity contribution >= 4 is 22.5 Å². The van der Waals surface area contributed by atoms with Gasteiger partial charge < -0.3 is 19.9 Å². The third-order valence-corrected chi connectivity index (χ3v) is 9.54. The topological polar surface area (TPSA) is 79.1 Å². The highest BCUT2D eigenvalue weighted by molar-refractivity contribution is 6.01. The first-order valence-electron chi connectivity index (χ1n) is 15.7. The molecular weight excluding hydrogens is 520 g/mol. The molecule has 0 unspecified atom stereocenters. The van der Waals surface area contributed by atoms with Crippen LogP contribution in [-0.4, -0.2) is 29.2 Å². The van der Waals surface area contributed by atoms with Crippen LogP contribution in [0.2, 0.25) is 0 Å². The van der Waals surface area contributed by atoms with Gasteiger partial charge in [-0.3, -0.25) is 4.79 Å². The van der Waals surface area contributed by atoms with Gasteiger partial charge in [-0.2, -0.15) is 5.26 Å². The summed E-state index contributed by atoms with van der Waals surface area (Å²) in [5, 5.41) is 17.4. The van der Waals surface area contributed by atoms with Crippen molar-refractivity contribution in [1.82, 2.24) is 9.88 Å². The number of aromatic nitrogens is 1. The fourth-order valence-corrected chi connectivity index (χ4v) is 7.46. The molecule has 2 N–H and O–H groups in total. The number of fused-ring (bicyclic) bond motifs is 5. The van der Waals surface area contributed by atoms with Crippen LogP contribution >= 0.6 is 0 Å². The van der Waals surface area contributed by atoms with Gasteiger partial charge in [-0.25, -0.2) is 0 Å². The average Bonchev–Trinajstić information content (AvgIpc) is 3.23. The number of nitriles is 1. The fourth-order valence-electron chi connectivity index (χ4n) is 7.46. The number of rotatable bonds is 5. The van der Waals surface area contributed by atoms with Gasteiger partial charge in [0, 0.05) is 39.8 Å². The lowest BCUT2D eigenvalue weighted by Gasteiger charge is -2.33. The number of nitrogens with zero attached hydrogens (tertiary/aromatic N) is 2. The van der Waals surface area contributed by atoms with Crippen LogP contribution in [0.3, 0.4) is 0 Å². The van der Waals surface area contributed by atoms with E-state index in [1.54, 1.807) is 0 Å². The van der Waals surface area contributed by atoms with Crippen molar-refractivity contribution in [3.05, 3.63) is 83.4 Å². The second-order valence-corrected chi connectivity index (χ2v) is 12.1. The Kier molecular flexibility index (Phi) is 7.34. The Hall–Kier alpha value is -4.24. The first-order valence-corrected chi connectivity index (χ1v) is 15.7. The zero-order chi connectivity index (χ0) is 28.5. The molecular formula is C36H38N4O2. The van der Waals surface area contributed by atoms with E-state index in [0.717, 1.165) is 54.7 Å². The van der Waals surface area contributed by atoms with Crippen molar-refractivity contribution in [3.63, 3.8) is 0 Å². The maximum Gasteiger partial charge on any atom is 0.251 e. The van der Waals surface area contributed by atoms with E-state index in [4.69, 9.17) is 10.00 Å². The number of nitrogens with one attached hydrogen (secondary N) is 2. The molecule has 6 nitrogen and oxygen atoms in total. The van der Waals surface area contributed by atoms with Crippen LogP contribution in [-0.2, 0) is 6.54 Å². The minimum atomic E-state index is -0.0181. The van der Waals surface area contributed by atoms with Gasteiger partial charge in [0.1, 0.15) is 12.4 Å². The molecule has 6 heteroatoms.